The van der Waals surface area contributed by atoms with Crippen molar-refractivity contribution in [2.24, 2.45) is 0 Å². The number of amides is 2. The number of aromatic amines is 1. The molecule has 1 fully saturated rings. The highest BCUT2D eigenvalue weighted by Crippen LogP contribution is 2.36. The van der Waals surface area contributed by atoms with E-state index in [0.717, 1.165) is 12.8 Å². The number of nitrogens with one attached hydrogen (secondary N) is 2. The van der Waals surface area contributed by atoms with Crippen LogP contribution in [0.15, 0.2) is 48.5 Å². The van der Waals surface area contributed by atoms with Gasteiger partial charge in [-0.05, 0) is 76.3 Å². The molecule has 0 radical (unpaired) electrons. The number of piperidine rings is 1. The van der Waals surface area contributed by atoms with Crippen LogP contribution in [0.2, 0.25) is 0 Å². The van der Waals surface area contributed by atoms with Gasteiger partial charge in [-0.3, -0.25) is 10.1 Å². The molecule has 1 aliphatic rings. The molecule has 2 N–H and O–H groups in total. The van der Waals surface area contributed by atoms with Crippen molar-refractivity contribution in [3.05, 3.63) is 65.4 Å². The highest BCUT2D eigenvalue weighted by atomic mass is 16.6. The Bertz CT molecular complexity index is 1130. The number of benzene rings is 2. The van der Waals surface area contributed by atoms with Gasteiger partial charge in [0, 0.05) is 40.9 Å². The number of para-hydroxylation sites is 1. The van der Waals surface area contributed by atoms with Gasteiger partial charge >= 0.3 is 6.09 Å². The van der Waals surface area contributed by atoms with Crippen LogP contribution in [-0.4, -0.2) is 40.6 Å². The summed E-state index contributed by atoms with van der Waals surface area (Å²) in [7, 11) is 0. The number of aromatic nitrogens is 1. The predicted molar refractivity (Wildman–Crippen MR) is 127 cm³/mol. The Morgan fingerprint density at radius 1 is 1.06 bits per heavy atom. The first-order valence-electron chi connectivity index (χ1n) is 11.2. The molecule has 2 heterocycles. The smallest absolute Gasteiger partial charge is 0.412 e. The fourth-order valence-electron chi connectivity index (χ4n) is 4.53. The zero-order chi connectivity index (χ0) is 22.9. The third kappa shape index (κ3) is 4.79. The molecule has 0 saturated carbocycles. The lowest BCUT2D eigenvalue weighted by Gasteiger charge is -2.32. The number of H-pyrrole nitrogens is 1. The summed E-state index contributed by atoms with van der Waals surface area (Å²) < 4.78 is 5.30. The lowest BCUT2D eigenvalue weighted by atomic mass is 9.87. The van der Waals surface area contributed by atoms with Crippen molar-refractivity contribution in [1.29, 1.82) is 0 Å². The molecule has 3 aromatic rings. The van der Waals surface area contributed by atoms with E-state index in [1.54, 1.807) is 24.3 Å². The lowest BCUT2D eigenvalue weighted by Crippen LogP contribution is -2.38. The number of carbonyl (C=O) groups is 2. The summed E-state index contributed by atoms with van der Waals surface area (Å²) in [5, 5.41) is 4.00. The number of anilines is 1. The zero-order valence-electron chi connectivity index (χ0n) is 19.2. The van der Waals surface area contributed by atoms with Crippen LogP contribution in [-0.2, 0) is 4.74 Å². The summed E-state index contributed by atoms with van der Waals surface area (Å²) in [4.78, 5) is 30.6. The number of aryl methyl sites for hydroxylation is 1. The van der Waals surface area contributed by atoms with E-state index in [9.17, 15) is 9.59 Å². The van der Waals surface area contributed by atoms with Crippen LogP contribution in [0.5, 0.6) is 0 Å². The number of likely N-dealkylation sites (tertiary alicyclic amines) is 1. The minimum absolute atomic E-state index is 0.00747. The second kappa shape index (κ2) is 8.69. The molecule has 6 heteroatoms. The Hall–Kier alpha value is -3.28. The highest BCUT2D eigenvalue weighted by molar-refractivity contribution is 5.96. The molecule has 0 spiro atoms. The Morgan fingerprint density at radius 2 is 1.78 bits per heavy atom. The van der Waals surface area contributed by atoms with E-state index < -0.39 is 11.7 Å². The first-order valence-corrected chi connectivity index (χ1v) is 11.2. The van der Waals surface area contributed by atoms with Crippen LogP contribution in [0.4, 0.5) is 10.5 Å². The van der Waals surface area contributed by atoms with Crippen LogP contribution >= 0.6 is 0 Å². The topological polar surface area (TPSA) is 74.4 Å². The van der Waals surface area contributed by atoms with Gasteiger partial charge in [0.05, 0.1) is 0 Å². The number of hydrogen-bond acceptors (Lipinski definition) is 3. The number of rotatable bonds is 3. The van der Waals surface area contributed by atoms with E-state index in [1.165, 1.54) is 22.2 Å². The average molecular weight is 434 g/mol. The molecular formula is C26H31N3O3. The van der Waals surface area contributed by atoms with Crippen molar-refractivity contribution < 1.29 is 14.3 Å². The Labute approximate surface area is 188 Å². The minimum Gasteiger partial charge on any atom is -0.444 e. The van der Waals surface area contributed by atoms with Crippen LogP contribution < -0.4 is 5.32 Å². The van der Waals surface area contributed by atoms with Crippen LogP contribution in [0.1, 0.15) is 61.1 Å². The van der Waals surface area contributed by atoms with Gasteiger partial charge in [0.15, 0.2) is 0 Å². The zero-order valence-corrected chi connectivity index (χ0v) is 19.2. The molecule has 2 aromatic carbocycles. The Balaban J connectivity index is 1.41. The first-order chi connectivity index (χ1) is 15.2. The fraction of sp³-hybridized carbons (Fsp3) is 0.385. The van der Waals surface area contributed by atoms with Gasteiger partial charge < -0.3 is 14.6 Å². The van der Waals surface area contributed by atoms with E-state index in [2.05, 4.69) is 41.5 Å². The molecule has 0 atom stereocenters. The standard InChI is InChI=1S/C26H31N3O3/c1-17-23(21-10-5-6-11-22(21)27-17)18-12-14-29(15-13-18)24(30)19-8-7-9-20(16-19)28-25(31)32-26(2,3)4/h5-11,16,18,27H,12-15H2,1-4H3,(H,28,31). The number of nitrogens with zero attached hydrogens (tertiary/aromatic N) is 1. The third-order valence-electron chi connectivity index (χ3n) is 5.89. The summed E-state index contributed by atoms with van der Waals surface area (Å²) >= 11 is 0. The summed E-state index contributed by atoms with van der Waals surface area (Å²) in [5.74, 6) is 0.433. The number of fused-ring (bicyclic) bond motifs is 1. The van der Waals surface area contributed by atoms with Gasteiger partial charge in [-0.15, -0.1) is 0 Å². The van der Waals surface area contributed by atoms with E-state index in [0.29, 0.717) is 30.3 Å². The fourth-order valence-corrected chi connectivity index (χ4v) is 4.53. The van der Waals surface area contributed by atoms with Crippen molar-refractivity contribution in [2.75, 3.05) is 18.4 Å². The number of ether oxygens (including phenoxy) is 1. The number of hydrogen-bond donors (Lipinski definition) is 2. The minimum atomic E-state index is -0.578. The van der Waals surface area contributed by atoms with Gasteiger partial charge in [-0.25, -0.2) is 4.79 Å². The molecule has 1 aromatic heterocycles. The summed E-state index contributed by atoms with van der Waals surface area (Å²) in [5.41, 5.74) is 4.32. The predicted octanol–water partition coefficient (Wildman–Crippen LogP) is 5.84. The summed E-state index contributed by atoms with van der Waals surface area (Å²) in [6.07, 6.45) is 1.34. The summed E-state index contributed by atoms with van der Waals surface area (Å²) in [6.45, 7) is 9.00. The molecule has 32 heavy (non-hydrogen) atoms. The van der Waals surface area contributed by atoms with Crippen molar-refractivity contribution in [3.63, 3.8) is 0 Å². The number of carbonyl (C=O) groups excluding carboxylic acids is 2. The molecule has 0 aliphatic carbocycles. The van der Waals surface area contributed by atoms with Crippen LogP contribution in [0, 0.1) is 6.92 Å². The van der Waals surface area contributed by atoms with Gasteiger partial charge in [0.25, 0.3) is 5.91 Å². The maximum atomic E-state index is 13.1. The van der Waals surface area contributed by atoms with Crippen LogP contribution in [0.25, 0.3) is 10.9 Å². The SMILES string of the molecule is Cc1[nH]c2ccccc2c1C1CCN(C(=O)c2cccc(NC(=O)OC(C)(C)C)c2)CC1. The van der Waals surface area contributed by atoms with E-state index in [-0.39, 0.29) is 5.91 Å². The van der Waals surface area contributed by atoms with Crippen molar-refractivity contribution in [1.82, 2.24) is 9.88 Å². The highest BCUT2D eigenvalue weighted by Gasteiger charge is 2.27. The Kier molecular flexibility index (Phi) is 5.96. The Morgan fingerprint density at radius 3 is 2.50 bits per heavy atom. The van der Waals surface area contributed by atoms with E-state index in [1.807, 2.05) is 25.7 Å². The van der Waals surface area contributed by atoms with E-state index >= 15 is 0 Å². The van der Waals surface area contributed by atoms with Gasteiger partial charge in [-0.2, -0.15) is 0 Å². The molecule has 1 aliphatic heterocycles. The molecule has 0 unspecified atom stereocenters. The largest absolute Gasteiger partial charge is 0.444 e. The molecule has 6 nitrogen and oxygen atoms in total. The summed E-state index contributed by atoms with van der Waals surface area (Å²) in [6, 6.07) is 15.5. The lowest BCUT2D eigenvalue weighted by molar-refractivity contribution is 0.0634. The quantitative estimate of drug-likeness (QED) is 0.545. The van der Waals surface area contributed by atoms with Crippen molar-refractivity contribution >= 4 is 28.6 Å². The molecule has 1 saturated heterocycles. The third-order valence-corrected chi connectivity index (χ3v) is 5.89. The average Bonchev–Trinajstić information content (AvgIpc) is 3.08. The maximum Gasteiger partial charge on any atom is 0.412 e. The van der Waals surface area contributed by atoms with E-state index in [4.69, 9.17) is 4.74 Å². The second-order valence-electron chi connectivity index (χ2n) is 9.48. The van der Waals surface area contributed by atoms with Gasteiger partial charge in [0.2, 0.25) is 0 Å². The monoisotopic (exact) mass is 433 g/mol. The molecule has 4 rings (SSSR count). The van der Waals surface area contributed by atoms with Crippen molar-refractivity contribution in [2.45, 2.75) is 52.1 Å². The van der Waals surface area contributed by atoms with Gasteiger partial charge in [0.1, 0.15) is 5.60 Å². The van der Waals surface area contributed by atoms with Gasteiger partial charge in [-0.1, -0.05) is 24.3 Å². The normalized spacial score (nSPS) is 15.1. The molecular weight excluding hydrogens is 402 g/mol. The van der Waals surface area contributed by atoms with Crippen molar-refractivity contribution in [3.8, 4) is 0 Å². The molecule has 0 bridgehead atoms. The maximum absolute atomic E-state index is 13.1. The molecule has 2 amide bonds. The first kappa shape index (κ1) is 21.9. The second-order valence-corrected chi connectivity index (χ2v) is 9.48. The van der Waals surface area contributed by atoms with Crippen LogP contribution in [0.3, 0.4) is 0 Å². The molecule has 168 valence electrons.